The summed E-state index contributed by atoms with van der Waals surface area (Å²) in [5.74, 6) is 0.692. The fourth-order valence-corrected chi connectivity index (χ4v) is 2.61. The standard InChI is InChI=1S/C19H20N2O4/c1-12-3-5-15(13(2)7-12)21-19(23)9-18(22)20-10-14-4-6-16-17(8-14)25-11-24-16/h3-8H,9-11H2,1-2H3,(H,20,22)(H,21,23). The molecule has 0 spiro atoms. The lowest BCUT2D eigenvalue weighted by atomic mass is 10.1. The van der Waals surface area contributed by atoms with E-state index < -0.39 is 0 Å². The Morgan fingerprint density at radius 3 is 2.60 bits per heavy atom. The van der Waals surface area contributed by atoms with Crippen LogP contribution in [0, 0.1) is 13.8 Å². The maximum Gasteiger partial charge on any atom is 0.233 e. The average molecular weight is 340 g/mol. The summed E-state index contributed by atoms with van der Waals surface area (Å²) in [5, 5.41) is 5.50. The molecule has 0 bridgehead atoms. The van der Waals surface area contributed by atoms with E-state index in [-0.39, 0.29) is 25.0 Å². The molecule has 2 aromatic carbocycles. The van der Waals surface area contributed by atoms with E-state index in [9.17, 15) is 9.59 Å². The Morgan fingerprint density at radius 1 is 1.00 bits per heavy atom. The highest BCUT2D eigenvalue weighted by molar-refractivity contribution is 6.03. The Balaban J connectivity index is 1.49. The van der Waals surface area contributed by atoms with Gasteiger partial charge in [0, 0.05) is 12.2 Å². The molecule has 0 aliphatic carbocycles. The van der Waals surface area contributed by atoms with Gasteiger partial charge < -0.3 is 20.1 Å². The van der Waals surface area contributed by atoms with Crippen LogP contribution in [0.15, 0.2) is 36.4 Å². The molecule has 0 saturated heterocycles. The van der Waals surface area contributed by atoms with Gasteiger partial charge in [0.05, 0.1) is 0 Å². The van der Waals surface area contributed by atoms with Crippen LogP contribution in [0.5, 0.6) is 11.5 Å². The lowest BCUT2D eigenvalue weighted by molar-refractivity contribution is -0.126. The van der Waals surface area contributed by atoms with Crippen molar-refractivity contribution in [1.82, 2.24) is 5.32 Å². The largest absolute Gasteiger partial charge is 0.454 e. The lowest BCUT2D eigenvalue weighted by Crippen LogP contribution is -2.27. The number of anilines is 1. The Morgan fingerprint density at radius 2 is 1.80 bits per heavy atom. The molecule has 2 amide bonds. The normalized spacial score (nSPS) is 11.9. The van der Waals surface area contributed by atoms with Crippen LogP contribution < -0.4 is 20.1 Å². The monoisotopic (exact) mass is 340 g/mol. The van der Waals surface area contributed by atoms with Crippen molar-refractivity contribution < 1.29 is 19.1 Å². The van der Waals surface area contributed by atoms with E-state index in [0.717, 1.165) is 22.4 Å². The van der Waals surface area contributed by atoms with Crippen molar-refractivity contribution in [2.45, 2.75) is 26.8 Å². The summed E-state index contributed by atoms with van der Waals surface area (Å²) < 4.78 is 10.5. The summed E-state index contributed by atoms with van der Waals surface area (Å²) >= 11 is 0. The number of fused-ring (bicyclic) bond motifs is 1. The number of nitrogens with one attached hydrogen (secondary N) is 2. The van der Waals surface area contributed by atoms with Crippen LogP contribution >= 0.6 is 0 Å². The number of hydrogen-bond acceptors (Lipinski definition) is 4. The van der Waals surface area contributed by atoms with Crippen LogP contribution in [0.3, 0.4) is 0 Å². The maximum atomic E-state index is 12.0. The summed E-state index contributed by atoms with van der Waals surface area (Å²) in [6, 6.07) is 11.2. The zero-order valence-electron chi connectivity index (χ0n) is 14.2. The van der Waals surface area contributed by atoms with E-state index in [0.29, 0.717) is 18.0 Å². The van der Waals surface area contributed by atoms with Gasteiger partial charge in [0.25, 0.3) is 0 Å². The summed E-state index contributed by atoms with van der Waals surface area (Å²) in [7, 11) is 0. The van der Waals surface area contributed by atoms with Crippen molar-refractivity contribution in [2.75, 3.05) is 12.1 Å². The van der Waals surface area contributed by atoms with Gasteiger partial charge in [-0.15, -0.1) is 0 Å². The number of rotatable bonds is 5. The first-order valence-corrected chi connectivity index (χ1v) is 8.03. The van der Waals surface area contributed by atoms with Crippen LogP contribution in [-0.2, 0) is 16.1 Å². The molecule has 6 heteroatoms. The fraction of sp³-hybridized carbons (Fsp3) is 0.263. The van der Waals surface area contributed by atoms with E-state index in [1.807, 2.05) is 44.2 Å². The third kappa shape index (κ3) is 4.29. The van der Waals surface area contributed by atoms with Crippen LogP contribution in [0.4, 0.5) is 5.69 Å². The second-order valence-electron chi connectivity index (χ2n) is 6.01. The highest BCUT2D eigenvalue weighted by Gasteiger charge is 2.14. The van der Waals surface area contributed by atoms with Crippen molar-refractivity contribution in [3.63, 3.8) is 0 Å². The smallest absolute Gasteiger partial charge is 0.233 e. The summed E-state index contributed by atoms with van der Waals surface area (Å²) in [4.78, 5) is 24.0. The predicted octanol–water partition coefficient (Wildman–Crippen LogP) is 2.68. The molecule has 2 N–H and O–H groups in total. The van der Waals surface area contributed by atoms with Gasteiger partial charge in [0.1, 0.15) is 6.42 Å². The van der Waals surface area contributed by atoms with E-state index in [1.54, 1.807) is 6.07 Å². The zero-order valence-corrected chi connectivity index (χ0v) is 14.2. The minimum absolute atomic E-state index is 0.212. The molecule has 6 nitrogen and oxygen atoms in total. The molecule has 1 heterocycles. The van der Waals surface area contributed by atoms with Gasteiger partial charge in [0.2, 0.25) is 18.6 Å². The van der Waals surface area contributed by atoms with Gasteiger partial charge in [-0.05, 0) is 43.2 Å². The first kappa shape index (κ1) is 16.8. The Hall–Kier alpha value is -3.02. The van der Waals surface area contributed by atoms with Crippen LogP contribution in [0.2, 0.25) is 0 Å². The molecular weight excluding hydrogens is 320 g/mol. The molecular formula is C19H20N2O4. The fourth-order valence-electron chi connectivity index (χ4n) is 2.61. The molecule has 2 aromatic rings. The predicted molar refractivity (Wildman–Crippen MR) is 93.6 cm³/mol. The number of amides is 2. The molecule has 1 aliphatic rings. The van der Waals surface area contributed by atoms with E-state index in [4.69, 9.17) is 9.47 Å². The van der Waals surface area contributed by atoms with Gasteiger partial charge in [-0.3, -0.25) is 9.59 Å². The quantitative estimate of drug-likeness (QED) is 0.821. The van der Waals surface area contributed by atoms with E-state index in [1.165, 1.54) is 0 Å². The lowest BCUT2D eigenvalue weighted by Gasteiger charge is -2.10. The molecule has 3 rings (SSSR count). The summed E-state index contributed by atoms with van der Waals surface area (Å²) in [6.45, 7) is 4.44. The molecule has 1 aliphatic heterocycles. The van der Waals surface area contributed by atoms with Crippen molar-refractivity contribution in [2.24, 2.45) is 0 Å². The second-order valence-corrected chi connectivity index (χ2v) is 6.01. The maximum absolute atomic E-state index is 12.0. The summed E-state index contributed by atoms with van der Waals surface area (Å²) in [6.07, 6.45) is -0.224. The van der Waals surface area contributed by atoms with Crippen molar-refractivity contribution >= 4 is 17.5 Å². The number of carbonyl (C=O) groups excluding carboxylic acids is 2. The van der Waals surface area contributed by atoms with Crippen LogP contribution in [-0.4, -0.2) is 18.6 Å². The number of ether oxygens (including phenoxy) is 2. The molecule has 0 saturated carbocycles. The third-order valence-electron chi connectivity index (χ3n) is 3.90. The van der Waals surface area contributed by atoms with Gasteiger partial charge in [0.15, 0.2) is 11.5 Å². The highest BCUT2D eigenvalue weighted by Crippen LogP contribution is 2.32. The average Bonchev–Trinajstić information content (AvgIpc) is 3.03. The molecule has 130 valence electrons. The Kier molecular flexibility index (Phi) is 4.88. The van der Waals surface area contributed by atoms with Crippen LogP contribution in [0.25, 0.3) is 0 Å². The molecule has 0 unspecified atom stereocenters. The zero-order chi connectivity index (χ0) is 17.8. The molecule has 25 heavy (non-hydrogen) atoms. The SMILES string of the molecule is Cc1ccc(NC(=O)CC(=O)NCc2ccc3c(c2)OCO3)c(C)c1. The number of benzene rings is 2. The Bertz CT molecular complexity index is 817. The van der Waals surface area contributed by atoms with E-state index >= 15 is 0 Å². The molecule has 0 fully saturated rings. The number of hydrogen-bond donors (Lipinski definition) is 2. The first-order chi connectivity index (χ1) is 12.0. The molecule has 0 aromatic heterocycles. The molecule has 0 atom stereocenters. The minimum Gasteiger partial charge on any atom is -0.454 e. The van der Waals surface area contributed by atoms with Gasteiger partial charge in [-0.1, -0.05) is 23.8 Å². The van der Waals surface area contributed by atoms with Gasteiger partial charge >= 0.3 is 0 Å². The van der Waals surface area contributed by atoms with Crippen molar-refractivity contribution in [3.8, 4) is 11.5 Å². The topological polar surface area (TPSA) is 76.7 Å². The van der Waals surface area contributed by atoms with Crippen molar-refractivity contribution in [1.29, 1.82) is 0 Å². The molecule has 0 radical (unpaired) electrons. The van der Waals surface area contributed by atoms with E-state index in [2.05, 4.69) is 10.6 Å². The van der Waals surface area contributed by atoms with Crippen molar-refractivity contribution in [3.05, 3.63) is 53.1 Å². The minimum atomic E-state index is -0.338. The Labute approximate surface area is 146 Å². The number of carbonyl (C=O) groups is 2. The highest BCUT2D eigenvalue weighted by atomic mass is 16.7. The van der Waals surface area contributed by atoms with Gasteiger partial charge in [-0.25, -0.2) is 0 Å². The summed E-state index contributed by atoms with van der Waals surface area (Å²) in [5.41, 5.74) is 3.69. The number of aryl methyl sites for hydroxylation is 2. The van der Waals surface area contributed by atoms with Crippen LogP contribution in [0.1, 0.15) is 23.1 Å². The second kappa shape index (κ2) is 7.25. The third-order valence-corrected chi connectivity index (χ3v) is 3.90. The van der Waals surface area contributed by atoms with Gasteiger partial charge in [-0.2, -0.15) is 0 Å². The first-order valence-electron chi connectivity index (χ1n) is 8.03.